The zero-order chi connectivity index (χ0) is 14.6. The van der Waals surface area contributed by atoms with Crippen molar-refractivity contribution >= 4 is 17.5 Å². The van der Waals surface area contributed by atoms with E-state index >= 15 is 0 Å². The molecule has 19 heavy (non-hydrogen) atoms. The minimum Gasteiger partial charge on any atom is -0.399 e. The molecule has 0 radical (unpaired) electrons. The lowest BCUT2D eigenvalue weighted by Gasteiger charge is -2.19. The molecule has 0 fully saturated rings. The summed E-state index contributed by atoms with van der Waals surface area (Å²) in [6.45, 7) is 5.63. The number of aryl methyl sites for hydroxylation is 1. The number of nitrogens with zero attached hydrogens (tertiary/aromatic N) is 1. The van der Waals surface area contributed by atoms with Crippen molar-refractivity contribution in [2.24, 2.45) is 0 Å². The molecule has 0 aliphatic heterocycles. The van der Waals surface area contributed by atoms with Gasteiger partial charge in [-0.25, -0.2) is 0 Å². The van der Waals surface area contributed by atoms with Gasteiger partial charge in [-0.3, -0.25) is 9.59 Å². The second-order valence-electron chi connectivity index (χ2n) is 4.96. The third kappa shape index (κ3) is 4.28. The van der Waals surface area contributed by atoms with Crippen molar-refractivity contribution in [2.45, 2.75) is 26.8 Å². The number of anilines is 1. The highest BCUT2D eigenvalue weighted by atomic mass is 16.2. The van der Waals surface area contributed by atoms with Crippen molar-refractivity contribution < 1.29 is 9.59 Å². The van der Waals surface area contributed by atoms with Crippen molar-refractivity contribution in [1.82, 2.24) is 10.2 Å². The Morgan fingerprint density at radius 1 is 1.37 bits per heavy atom. The van der Waals surface area contributed by atoms with Crippen LogP contribution in [0.15, 0.2) is 18.2 Å². The van der Waals surface area contributed by atoms with E-state index in [1.54, 1.807) is 25.2 Å². The van der Waals surface area contributed by atoms with Crippen molar-refractivity contribution in [3.63, 3.8) is 0 Å². The summed E-state index contributed by atoms with van der Waals surface area (Å²) >= 11 is 0. The molecule has 0 heterocycles. The molecule has 1 aromatic carbocycles. The van der Waals surface area contributed by atoms with Crippen LogP contribution < -0.4 is 11.1 Å². The van der Waals surface area contributed by atoms with Crippen LogP contribution in [0.4, 0.5) is 5.69 Å². The number of rotatable bonds is 4. The first kappa shape index (κ1) is 15.0. The van der Waals surface area contributed by atoms with Crippen LogP contribution in [0, 0.1) is 6.92 Å². The van der Waals surface area contributed by atoms with Crippen LogP contribution in [0.1, 0.15) is 29.8 Å². The molecule has 0 aliphatic rings. The summed E-state index contributed by atoms with van der Waals surface area (Å²) in [6.07, 6.45) is 0. The van der Waals surface area contributed by atoms with Gasteiger partial charge in [0.25, 0.3) is 5.91 Å². The molecule has 5 heteroatoms. The molecule has 104 valence electrons. The highest BCUT2D eigenvalue weighted by Gasteiger charge is 2.17. The minimum absolute atomic E-state index is 0.0330. The lowest BCUT2D eigenvalue weighted by Crippen LogP contribution is -2.41. The molecular formula is C14H21N3O2. The molecule has 0 bridgehead atoms. The van der Waals surface area contributed by atoms with Crippen molar-refractivity contribution in [1.29, 1.82) is 0 Å². The fourth-order valence-corrected chi connectivity index (χ4v) is 1.73. The normalized spacial score (nSPS) is 10.4. The number of carbonyl (C=O) groups is 2. The first-order valence-electron chi connectivity index (χ1n) is 6.22. The monoisotopic (exact) mass is 263 g/mol. The van der Waals surface area contributed by atoms with Crippen LogP contribution >= 0.6 is 0 Å². The quantitative estimate of drug-likeness (QED) is 0.801. The molecule has 1 aromatic rings. The zero-order valence-corrected chi connectivity index (χ0v) is 11.9. The van der Waals surface area contributed by atoms with Gasteiger partial charge in [0, 0.05) is 24.3 Å². The molecule has 5 nitrogen and oxygen atoms in total. The highest BCUT2D eigenvalue weighted by molar-refractivity contribution is 5.98. The smallest absolute Gasteiger partial charge is 0.254 e. The van der Waals surface area contributed by atoms with Crippen LogP contribution in [0.3, 0.4) is 0 Å². The number of carbonyl (C=O) groups excluding carboxylic acids is 2. The summed E-state index contributed by atoms with van der Waals surface area (Å²) in [5, 5.41) is 2.75. The standard InChI is InChI=1S/C14H21N3O2/c1-9(2)16-13(18)8-17(4)14(19)12-7-11(15)6-5-10(12)3/h5-7,9H,8,15H2,1-4H3,(H,16,18). The third-order valence-electron chi connectivity index (χ3n) is 2.67. The molecule has 0 saturated carbocycles. The molecule has 0 unspecified atom stereocenters. The molecule has 0 aliphatic carbocycles. The lowest BCUT2D eigenvalue weighted by atomic mass is 10.1. The summed E-state index contributed by atoms with van der Waals surface area (Å²) in [7, 11) is 1.60. The van der Waals surface area contributed by atoms with Gasteiger partial charge >= 0.3 is 0 Å². The van der Waals surface area contributed by atoms with E-state index in [2.05, 4.69) is 5.32 Å². The van der Waals surface area contributed by atoms with E-state index in [-0.39, 0.29) is 24.4 Å². The SMILES string of the molecule is Cc1ccc(N)cc1C(=O)N(C)CC(=O)NC(C)C. The Kier molecular flexibility index (Phi) is 4.92. The van der Waals surface area contributed by atoms with E-state index < -0.39 is 0 Å². The third-order valence-corrected chi connectivity index (χ3v) is 2.67. The van der Waals surface area contributed by atoms with Gasteiger partial charge in [0.2, 0.25) is 5.91 Å². The van der Waals surface area contributed by atoms with Gasteiger partial charge in [0.1, 0.15) is 0 Å². The van der Waals surface area contributed by atoms with Crippen molar-refractivity contribution in [3.05, 3.63) is 29.3 Å². The Bertz CT molecular complexity index is 484. The number of nitrogen functional groups attached to an aromatic ring is 1. The van der Waals surface area contributed by atoms with Gasteiger partial charge in [-0.2, -0.15) is 0 Å². The summed E-state index contributed by atoms with van der Waals surface area (Å²) < 4.78 is 0. The Balaban J connectivity index is 2.77. The largest absolute Gasteiger partial charge is 0.399 e. The Hall–Kier alpha value is -2.04. The van der Waals surface area contributed by atoms with E-state index in [9.17, 15) is 9.59 Å². The van der Waals surface area contributed by atoms with Crippen LogP contribution in [0.2, 0.25) is 0 Å². The topological polar surface area (TPSA) is 75.4 Å². The summed E-state index contributed by atoms with van der Waals surface area (Å²) in [6, 6.07) is 5.24. The van der Waals surface area contributed by atoms with Gasteiger partial charge in [-0.05, 0) is 38.5 Å². The summed E-state index contributed by atoms with van der Waals surface area (Å²) in [5.74, 6) is -0.379. The predicted molar refractivity (Wildman–Crippen MR) is 75.8 cm³/mol. The fourth-order valence-electron chi connectivity index (χ4n) is 1.73. The molecule has 2 amide bonds. The van der Waals surface area contributed by atoms with Crippen LogP contribution in [0.5, 0.6) is 0 Å². The van der Waals surface area contributed by atoms with Crippen molar-refractivity contribution in [3.8, 4) is 0 Å². The maximum Gasteiger partial charge on any atom is 0.254 e. The van der Waals surface area contributed by atoms with E-state index in [4.69, 9.17) is 5.73 Å². The molecule has 0 aromatic heterocycles. The van der Waals surface area contributed by atoms with Crippen LogP contribution in [0.25, 0.3) is 0 Å². The molecule has 1 rings (SSSR count). The molecule has 0 spiro atoms. The van der Waals surface area contributed by atoms with Crippen molar-refractivity contribution in [2.75, 3.05) is 19.3 Å². The van der Waals surface area contributed by atoms with Gasteiger partial charge in [-0.1, -0.05) is 6.07 Å². The first-order valence-corrected chi connectivity index (χ1v) is 6.22. The van der Waals surface area contributed by atoms with Crippen LogP contribution in [-0.2, 0) is 4.79 Å². The Labute approximate surface area is 113 Å². The van der Waals surface area contributed by atoms with Gasteiger partial charge in [-0.15, -0.1) is 0 Å². The second-order valence-corrected chi connectivity index (χ2v) is 4.96. The fraction of sp³-hybridized carbons (Fsp3) is 0.429. The number of hydrogen-bond acceptors (Lipinski definition) is 3. The second kappa shape index (κ2) is 6.22. The Morgan fingerprint density at radius 2 is 2.00 bits per heavy atom. The van der Waals surface area contributed by atoms with Gasteiger partial charge in [0.15, 0.2) is 0 Å². The average Bonchev–Trinajstić information content (AvgIpc) is 2.30. The average molecular weight is 263 g/mol. The van der Waals surface area contributed by atoms with E-state index in [1.165, 1.54) is 4.90 Å². The maximum atomic E-state index is 12.2. The molecule has 3 N–H and O–H groups in total. The number of hydrogen-bond donors (Lipinski definition) is 2. The van der Waals surface area contributed by atoms with E-state index in [0.29, 0.717) is 11.3 Å². The minimum atomic E-state index is -0.205. The summed E-state index contributed by atoms with van der Waals surface area (Å²) in [5.41, 5.74) is 7.59. The zero-order valence-electron chi connectivity index (χ0n) is 11.9. The maximum absolute atomic E-state index is 12.2. The molecule has 0 saturated heterocycles. The van der Waals surface area contributed by atoms with Gasteiger partial charge < -0.3 is 16.0 Å². The number of benzene rings is 1. The lowest BCUT2D eigenvalue weighted by molar-refractivity contribution is -0.122. The first-order chi connectivity index (χ1) is 8.81. The molecular weight excluding hydrogens is 242 g/mol. The molecule has 0 atom stereocenters. The van der Waals surface area contributed by atoms with E-state index in [0.717, 1.165) is 5.56 Å². The number of amides is 2. The number of nitrogens with one attached hydrogen (secondary N) is 1. The highest BCUT2D eigenvalue weighted by Crippen LogP contribution is 2.14. The predicted octanol–water partition coefficient (Wildman–Crippen LogP) is 1.17. The Morgan fingerprint density at radius 3 is 2.58 bits per heavy atom. The van der Waals surface area contributed by atoms with Gasteiger partial charge in [0.05, 0.1) is 6.54 Å². The van der Waals surface area contributed by atoms with E-state index in [1.807, 2.05) is 20.8 Å². The van der Waals surface area contributed by atoms with Crippen LogP contribution in [-0.4, -0.2) is 36.3 Å². The number of nitrogens with two attached hydrogens (primary N) is 1. The summed E-state index contributed by atoms with van der Waals surface area (Å²) in [4.78, 5) is 25.2. The number of likely N-dealkylation sites (N-methyl/N-ethyl adjacent to an activating group) is 1.